The van der Waals surface area contributed by atoms with Crippen molar-refractivity contribution in [1.82, 2.24) is 14.5 Å². The Balaban J connectivity index is 1.49. The Morgan fingerprint density at radius 2 is 1.94 bits per heavy atom. The van der Waals surface area contributed by atoms with Crippen LogP contribution in [0, 0.1) is 17.5 Å². The first-order chi connectivity index (χ1) is 14.9. The van der Waals surface area contributed by atoms with Crippen molar-refractivity contribution in [2.75, 3.05) is 5.32 Å². The van der Waals surface area contributed by atoms with Crippen molar-refractivity contribution in [1.29, 1.82) is 0 Å². The number of thiazole rings is 1. The summed E-state index contributed by atoms with van der Waals surface area (Å²) in [7, 11) is 0. The Bertz CT molecular complexity index is 1340. The van der Waals surface area contributed by atoms with Crippen molar-refractivity contribution in [3.05, 3.63) is 99.2 Å². The number of rotatable bonds is 5. The minimum atomic E-state index is -1.02. The molecule has 0 fully saturated rings. The topological polar surface area (TPSA) is 76.9 Å². The number of amides is 1. The number of hydrogen-bond acceptors (Lipinski definition) is 5. The lowest BCUT2D eigenvalue weighted by molar-refractivity contribution is 0.102. The Morgan fingerprint density at radius 3 is 2.71 bits per heavy atom. The van der Waals surface area contributed by atoms with Gasteiger partial charge in [0.15, 0.2) is 16.8 Å². The minimum Gasteiger partial charge on any atom is -0.311 e. The van der Waals surface area contributed by atoms with Gasteiger partial charge in [-0.3, -0.25) is 19.9 Å². The van der Waals surface area contributed by atoms with Crippen LogP contribution in [0.1, 0.15) is 15.9 Å². The SMILES string of the molecule is O=C(Nc1nc(-c2cc(F)ccn2)cs1)c1ccn(Cc2cccc(F)c2F)c(=O)c1. The maximum atomic E-state index is 13.8. The number of aromatic nitrogens is 3. The number of anilines is 1. The molecule has 0 aliphatic rings. The van der Waals surface area contributed by atoms with Crippen LogP contribution in [0.5, 0.6) is 0 Å². The van der Waals surface area contributed by atoms with Gasteiger partial charge >= 0.3 is 0 Å². The van der Waals surface area contributed by atoms with Crippen LogP contribution in [0.15, 0.2) is 65.0 Å². The quantitative estimate of drug-likeness (QED) is 0.505. The molecule has 0 spiro atoms. The van der Waals surface area contributed by atoms with Crippen LogP contribution >= 0.6 is 11.3 Å². The number of carbonyl (C=O) groups is 1. The van der Waals surface area contributed by atoms with Gasteiger partial charge in [0.25, 0.3) is 11.5 Å². The van der Waals surface area contributed by atoms with Crippen molar-refractivity contribution >= 4 is 22.4 Å². The zero-order valence-electron chi connectivity index (χ0n) is 15.7. The first-order valence-electron chi connectivity index (χ1n) is 8.93. The number of carbonyl (C=O) groups excluding carboxylic acids is 1. The number of benzene rings is 1. The second-order valence-electron chi connectivity index (χ2n) is 6.45. The van der Waals surface area contributed by atoms with E-state index in [0.717, 1.165) is 28.0 Å². The molecule has 31 heavy (non-hydrogen) atoms. The number of nitrogens with zero attached hydrogens (tertiary/aromatic N) is 3. The lowest BCUT2D eigenvalue weighted by Crippen LogP contribution is -2.23. The molecule has 3 heterocycles. The molecule has 0 saturated heterocycles. The summed E-state index contributed by atoms with van der Waals surface area (Å²) in [6, 6.07) is 8.63. The Hall–Kier alpha value is -3.79. The van der Waals surface area contributed by atoms with Crippen LogP contribution in [0.3, 0.4) is 0 Å². The van der Waals surface area contributed by atoms with Crippen molar-refractivity contribution in [2.45, 2.75) is 6.54 Å². The third kappa shape index (κ3) is 4.53. The zero-order valence-corrected chi connectivity index (χ0v) is 16.5. The molecule has 1 aromatic carbocycles. The highest BCUT2D eigenvalue weighted by atomic mass is 32.1. The molecular formula is C21H13F3N4O2S. The van der Waals surface area contributed by atoms with E-state index in [2.05, 4.69) is 15.3 Å². The van der Waals surface area contributed by atoms with Crippen molar-refractivity contribution in [3.63, 3.8) is 0 Å². The molecule has 156 valence electrons. The molecule has 0 radical (unpaired) electrons. The lowest BCUT2D eigenvalue weighted by Gasteiger charge is -2.08. The molecule has 4 aromatic rings. The number of halogens is 3. The summed E-state index contributed by atoms with van der Waals surface area (Å²) in [5, 5.41) is 4.43. The van der Waals surface area contributed by atoms with Crippen LogP contribution in [0.2, 0.25) is 0 Å². The van der Waals surface area contributed by atoms with Gasteiger partial charge in [-0.15, -0.1) is 11.3 Å². The first kappa shape index (κ1) is 20.5. The molecule has 4 rings (SSSR count). The fourth-order valence-electron chi connectivity index (χ4n) is 2.80. The van der Waals surface area contributed by atoms with E-state index in [1.54, 1.807) is 5.38 Å². The summed E-state index contributed by atoms with van der Waals surface area (Å²) in [5.74, 6) is -3.06. The normalized spacial score (nSPS) is 10.8. The maximum Gasteiger partial charge on any atom is 0.257 e. The highest BCUT2D eigenvalue weighted by Crippen LogP contribution is 2.24. The molecule has 0 bridgehead atoms. The van der Waals surface area contributed by atoms with Crippen LogP contribution in [0.4, 0.5) is 18.3 Å². The summed E-state index contributed by atoms with van der Waals surface area (Å²) in [6.45, 7) is -0.180. The average Bonchev–Trinajstić information content (AvgIpc) is 3.21. The average molecular weight is 442 g/mol. The van der Waals surface area contributed by atoms with E-state index in [-0.39, 0.29) is 22.8 Å². The van der Waals surface area contributed by atoms with Gasteiger partial charge in [-0.25, -0.2) is 18.2 Å². The number of hydrogen-bond donors (Lipinski definition) is 1. The Morgan fingerprint density at radius 1 is 1.10 bits per heavy atom. The molecule has 10 heteroatoms. The van der Waals surface area contributed by atoms with Gasteiger partial charge in [0, 0.05) is 41.0 Å². The van der Waals surface area contributed by atoms with Crippen molar-refractivity contribution in [3.8, 4) is 11.4 Å². The van der Waals surface area contributed by atoms with E-state index in [1.807, 2.05) is 0 Å². The molecule has 0 aliphatic carbocycles. The van der Waals surface area contributed by atoms with E-state index in [0.29, 0.717) is 11.4 Å². The standard InChI is InChI=1S/C21H13F3N4O2S/c22-14-4-6-25-16(9-14)17-11-31-21(26-17)27-20(30)12-5-7-28(18(29)8-12)10-13-2-1-3-15(23)19(13)24/h1-9,11H,10H2,(H,26,27,30). The molecule has 6 nitrogen and oxygen atoms in total. The second kappa shape index (κ2) is 8.52. The van der Waals surface area contributed by atoms with Crippen LogP contribution in [-0.2, 0) is 6.54 Å². The number of pyridine rings is 2. The summed E-state index contributed by atoms with van der Waals surface area (Å²) >= 11 is 1.12. The maximum absolute atomic E-state index is 13.8. The summed E-state index contributed by atoms with van der Waals surface area (Å²) in [6.07, 6.45) is 2.64. The van der Waals surface area contributed by atoms with E-state index >= 15 is 0 Å². The zero-order chi connectivity index (χ0) is 22.0. The highest BCUT2D eigenvalue weighted by molar-refractivity contribution is 7.14. The van der Waals surface area contributed by atoms with Crippen LogP contribution < -0.4 is 10.9 Å². The van der Waals surface area contributed by atoms with E-state index in [9.17, 15) is 22.8 Å². The lowest BCUT2D eigenvalue weighted by atomic mass is 10.2. The fourth-order valence-corrected chi connectivity index (χ4v) is 3.50. The molecular weight excluding hydrogens is 429 g/mol. The van der Waals surface area contributed by atoms with Gasteiger partial charge in [-0.1, -0.05) is 12.1 Å². The van der Waals surface area contributed by atoms with Gasteiger partial charge in [0.1, 0.15) is 11.5 Å². The van der Waals surface area contributed by atoms with Crippen molar-refractivity contribution in [2.24, 2.45) is 0 Å². The molecule has 0 saturated carbocycles. The molecule has 0 atom stereocenters. The largest absolute Gasteiger partial charge is 0.311 e. The van der Waals surface area contributed by atoms with E-state index in [4.69, 9.17) is 0 Å². The number of nitrogens with one attached hydrogen (secondary N) is 1. The van der Waals surface area contributed by atoms with Crippen molar-refractivity contribution < 1.29 is 18.0 Å². The third-order valence-corrected chi connectivity index (χ3v) is 5.10. The van der Waals surface area contributed by atoms with E-state index in [1.165, 1.54) is 42.7 Å². The minimum absolute atomic E-state index is 0.0144. The molecule has 0 aliphatic heterocycles. The first-order valence-corrected chi connectivity index (χ1v) is 9.81. The summed E-state index contributed by atoms with van der Waals surface area (Å²) in [4.78, 5) is 33.0. The molecule has 3 aromatic heterocycles. The molecule has 1 amide bonds. The predicted octanol–water partition coefficient (Wildman–Crippen LogP) is 4.08. The van der Waals surface area contributed by atoms with Crippen LogP contribution in [0.25, 0.3) is 11.4 Å². The van der Waals surface area contributed by atoms with Gasteiger partial charge in [0.2, 0.25) is 0 Å². The van der Waals surface area contributed by atoms with Crippen LogP contribution in [-0.4, -0.2) is 20.4 Å². The monoisotopic (exact) mass is 442 g/mol. The second-order valence-corrected chi connectivity index (χ2v) is 7.30. The Labute approximate surface area is 177 Å². The van der Waals surface area contributed by atoms with Gasteiger partial charge in [-0.05, 0) is 18.2 Å². The Kier molecular flexibility index (Phi) is 5.63. The third-order valence-electron chi connectivity index (χ3n) is 4.34. The summed E-state index contributed by atoms with van der Waals surface area (Å²) < 4.78 is 41.7. The van der Waals surface area contributed by atoms with E-state index < -0.39 is 28.9 Å². The smallest absolute Gasteiger partial charge is 0.257 e. The van der Waals surface area contributed by atoms with Gasteiger partial charge in [0.05, 0.1) is 12.2 Å². The predicted molar refractivity (Wildman–Crippen MR) is 109 cm³/mol. The molecule has 0 unspecified atom stereocenters. The summed E-state index contributed by atoms with van der Waals surface area (Å²) in [5.41, 5.74) is 0.249. The van der Waals surface area contributed by atoms with Gasteiger partial charge in [-0.2, -0.15) is 0 Å². The molecule has 1 N–H and O–H groups in total. The highest BCUT2D eigenvalue weighted by Gasteiger charge is 2.13. The fraction of sp³-hybridized carbons (Fsp3) is 0.0476. The van der Waals surface area contributed by atoms with Gasteiger partial charge < -0.3 is 4.57 Å².